The van der Waals surface area contributed by atoms with Gasteiger partial charge in [0, 0.05) is 12.0 Å². The van der Waals surface area contributed by atoms with Crippen LogP contribution >= 0.6 is 11.3 Å². The zero-order valence-electron chi connectivity index (χ0n) is 12.6. The fourth-order valence-corrected chi connectivity index (χ4v) is 4.05. The summed E-state index contributed by atoms with van der Waals surface area (Å²) in [6.45, 7) is 2.07. The summed E-state index contributed by atoms with van der Waals surface area (Å²) in [6, 6.07) is 2.07. The molecule has 0 radical (unpaired) electrons. The molecule has 3 rings (SSSR count). The van der Waals surface area contributed by atoms with Crippen molar-refractivity contribution in [1.29, 1.82) is 0 Å². The van der Waals surface area contributed by atoms with E-state index in [1.54, 1.807) is 18.4 Å². The largest absolute Gasteiger partial charge is 0.370 e. The number of ether oxygens (including phenoxy) is 1. The number of hydrogen-bond acceptors (Lipinski definition) is 6. The van der Waals surface area contributed by atoms with Crippen LogP contribution in [0.25, 0.3) is 10.2 Å². The minimum atomic E-state index is -0.367. The predicted molar refractivity (Wildman–Crippen MR) is 86.4 cm³/mol. The first-order valence-corrected chi connectivity index (χ1v) is 8.30. The van der Waals surface area contributed by atoms with Gasteiger partial charge >= 0.3 is 0 Å². The number of methoxy groups -OCH3 is 1. The molecule has 1 saturated carbocycles. The molecule has 0 aliphatic heterocycles. The lowest BCUT2D eigenvalue weighted by atomic mass is 9.93. The molecule has 0 atom stereocenters. The summed E-state index contributed by atoms with van der Waals surface area (Å²) in [4.78, 5) is 11.7. The van der Waals surface area contributed by atoms with Gasteiger partial charge in [0.15, 0.2) is 11.6 Å². The average molecular weight is 306 g/mol. The summed E-state index contributed by atoms with van der Waals surface area (Å²) in [5, 5.41) is 0.989. The van der Waals surface area contributed by atoms with Gasteiger partial charge in [0.2, 0.25) is 0 Å². The van der Waals surface area contributed by atoms with Crippen LogP contribution in [0, 0.1) is 6.92 Å². The van der Waals surface area contributed by atoms with E-state index >= 15 is 0 Å². The van der Waals surface area contributed by atoms with Crippen molar-refractivity contribution in [2.24, 2.45) is 5.84 Å². The first kappa shape index (κ1) is 14.7. The molecular weight excluding hydrogens is 284 g/mol. The lowest BCUT2D eigenvalue weighted by molar-refractivity contribution is -0.0347. The summed E-state index contributed by atoms with van der Waals surface area (Å²) in [5.41, 5.74) is 2.35. The van der Waals surface area contributed by atoms with E-state index < -0.39 is 0 Å². The molecule has 6 heteroatoms. The van der Waals surface area contributed by atoms with Gasteiger partial charge in [-0.25, -0.2) is 15.8 Å². The molecular formula is C15H22N4OS. The van der Waals surface area contributed by atoms with Crippen molar-refractivity contribution in [2.75, 3.05) is 12.5 Å². The molecule has 114 valence electrons. The van der Waals surface area contributed by atoms with E-state index in [4.69, 9.17) is 15.6 Å². The zero-order chi connectivity index (χ0) is 14.9. The number of fused-ring (bicyclic) bond motifs is 1. The second-order valence-electron chi connectivity index (χ2n) is 5.73. The number of rotatable bonds is 3. The molecule has 2 aromatic heterocycles. The highest BCUT2D eigenvalue weighted by Crippen LogP contribution is 2.39. The van der Waals surface area contributed by atoms with E-state index in [2.05, 4.69) is 23.4 Å². The van der Waals surface area contributed by atoms with Gasteiger partial charge in [-0.05, 0) is 25.8 Å². The van der Waals surface area contributed by atoms with Crippen LogP contribution in [0.5, 0.6) is 0 Å². The third-order valence-electron chi connectivity index (χ3n) is 4.36. The third-order valence-corrected chi connectivity index (χ3v) is 5.31. The molecule has 0 spiro atoms. The van der Waals surface area contributed by atoms with Crippen LogP contribution in [0.4, 0.5) is 5.82 Å². The number of nitrogens with zero attached hydrogens (tertiary/aromatic N) is 2. The normalized spacial score (nSPS) is 18.6. The molecule has 5 nitrogen and oxygen atoms in total. The molecule has 21 heavy (non-hydrogen) atoms. The van der Waals surface area contributed by atoms with Crippen molar-refractivity contribution in [1.82, 2.24) is 9.97 Å². The number of thiophene rings is 1. The number of hydrogen-bond donors (Lipinski definition) is 2. The average Bonchev–Trinajstić information content (AvgIpc) is 2.73. The van der Waals surface area contributed by atoms with Crippen LogP contribution in [0.15, 0.2) is 6.07 Å². The molecule has 1 aliphatic carbocycles. The van der Waals surface area contributed by atoms with Gasteiger partial charge in [-0.1, -0.05) is 25.7 Å². The summed E-state index contributed by atoms with van der Waals surface area (Å²) in [7, 11) is 1.77. The Kier molecular flexibility index (Phi) is 4.10. The summed E-state index contributed by atoms with van der Waals surface area (Å²) < 4.78 is 5.91. The molecule has 0 amide bonds. The molecule has 1 aliphatic rings. The number of aryl methyl sites for hydroxylation is 1. The maximum absolute atomic E-state index is 5.91. The van der Waals surface area contributed by atoms with Crippen LogP contribution in [-0.2, 0) is 10.3 Å². The highest BCUT2D eigenvalue weighted by atomic mass is 32.1. The van der Waals surface area contributed by atoms with E-state index in [1.807, 2.05) is 0 Å². The summed E-state index contributed by atoms with van der Waals surface area (Å²) in [6.07, 6.45) is 6.78. The number of anilines is 1. The molecule has 1 fully saturated rings. The van der Waals surface area contributed by atoms with Crippen LogP contribution in [0.2, 0.25) is 0 Å². The van der Waals surface area contributed by atoms with Crippen molar-refractivity contribution in [3.8, 4) is 0 Å². The van der Waals surface area contributed by atoms with Crippen LogP contribution in [-0.4, -0.2) is 17.1 Å². The minimum absolute atomic E-state index is 0.367. The molecule has 0 bridgehead atoms. The van der Waals surface area contributed by atoms with Gasteiger partial charge < -0.3 is 10.2 Å². The van der Waals surface area contributed by atoms with Gasteiger partial charge in [-0.15, -0.1) is 11.3 Å². The van der Waals surface area contributed by atoms with Gasteiger partial charge in [0.05, 0.1) is 5.39 Å². The van der Waals surface area contributed by atoms with Crippen molar-refractivity contribution in [2.45, 2.75) is 51.0 Å². The second kappa shape index (κ2) is 5.87. The zero-order valence-corrected chi connectivity index (χ0v) is 13.4. The Balaban J connectivity index is 2.13. The standard InChI is InChI=1S/C15H22N4OS/c1-10-9-11-12(19-16)17-14(18-13(11)21-10)15(20-2)7-5-3-4-6-8-15/h9H,3-8,16H2,1-2H3,(H,17,18,19). The number of hydrazine groups is 1. The first-order valence-electron chi connectivity index (χ1n) is 7.49. The molecule has 2 aromatic rings. The highest BCUT2D eigenvalue weighted by Gasteiger charge is 2.36. The highest BCUT2D eigenvalue weighted by molar-refractivity contribution is 7.18. The quantitative estimate of drug-likeness (QED) is 0.516. The Morgan fingerprint density at radius 2 is 1.95 bits per heavy atom. The number of nitrogen functional groups attached to an aromatic ring is 1. The minimum Gasteiger partial charge on any atom is -0.370 e. The lowest BCUT2D eigenvalue weighted by Crippen LogP contribution is -2.31. The molecule has 0 saturated heterocycles. The number of aromatic nitrogens is 2. The molecule has 3 N–H and O–H groups in total. The van der Waals surface area contributed by atoms with Gasteiger partial charge in [0.25, 0.3) is 0 Å². The van der Waals surface area contributed by atoms with Crippen molar-refractivity contribution in [3.63, 3.8) is 0 Å². The Labute approximate surface area is 128 Å². The summed E-state index contributed by atoms with van der Waals surface area (Å²) >= 11 is 1.67. The smallest absolute Gasteiger partial charge is 0.164 e. The SMILES string of the molecule is COC1(c2nc(NN)c3cc(C)sc3n2)CCCCCC1. The second-order valence-corrected chi connectivity index (χ2v) is 6.96. The van der Waals surface area contributed by atoms with Crippen molar-refractivity contribution in [3.05, 3.63) is 16.8 Å². The Morgan fingerprint density at radius 3 is 2.57 bits per heavy atom. The third kappa shape index (κ3) is 2.63. The first-order chi connectivity index (χ1) is 10.2. The van der Waals surface area contributed by atoms with E-state index in [9.17, 15) is 0 Å². The van der Waals surface area contributed by atoms with Gasteiger partial charge in [-0.2, -0.15) is 0 Å². The monoisotopic (exact) mass is 306 g/mol. The van der Waals surface area contributed by atoms with E-state index in [-0.39, 0.29) is 5.60 Å². The van der Waals surface area contributed by atoms with Crippen LogP contribution in [0.3, 0.4) is 0 Å². The Hall–Kier alpha value is -1.24. The maximum Gasteiger partial charge on any atom is 0.164 e. The fourth-order valence-electron chi connectivity index (χ4n) is 3.17. The predicted octanol–water partition coefficient (Wildman–Crippen LogP) is 3.48. The lowest BCUT2D eigenvalue weighted by Gasteiger charge is -2.30. The van der Waals surface area contributed by atoms with Crippen LogP contribution in [0.1, 0.15) is 49.2 Å². The van der Waals surface area contributed by atoms with Crippen molar-refractivity contribution >= 4 is 27.4 Å². The van der Waals surface area contributed by atoms with Crippen molar-refractivity contribution < 1.29 is 4.74 Å². The topological polar surface area (TPSA) is 73.1 Å². The maximum atomic E-state index is 5.91. The Bertz CT molecular complexity index is 632. The van der Waals surface area contributed by atoms with Gasteiger partial charge in [-0.3, -0.25) is 0 Å². The van der Waals surface area contributed by atoms with E-state index in [0.29, 0.717) is 5.82 Å². The molecule has 0 unspecified atom stereocenters. The Morgan fingerprint density at radius 1 is 1.24 bits per heavy atom. The van der Waals surface area contributed by atoms with E-state index in [0.717, 1.165) is 41.7 Å². The fraction of sp³-hybridized carbons (Fsp3) is 0.600. The summed E-state index contributed by atoms with van der Waals surface area (Å²) in [5.74, 6) is 7.13. The van der Waals surface area contributed by atoms with Gasteiger partial charge in [0.1, 0.15) is 10.4 Å². The molecule has 0 aromatic carbocycles. The van der Waals surface area contributed by atoms with Crippen LogP contribution < -0.4 is 11.3 Å². The number of nitrogens with one attached hydrogen (secondary N) is 1. The number of nitrogens with two attached hydrogens (primary N) is 1. The van der Waals surface area contributed by atoms with E-state index in [1.165, 1.54) is 17.7 Å². The molecule has 2 heterocycles.